The van der Waals surface area contributed by atoms with Crippen LogP contribution in [0.15, 0.2) is 42.5 Å². The predicted octanol–water partition coefficient (Wildman–Crippen LogP) is 3.96. The summed E-state index contributed by atoms with van der Waals surface area (Å²) in [5, 5.41) is 16.8. The van der Waals surface area contributed by atoms with Crippen molar-refractivity contribution < 1.29 is 4.79 Å². The molecule has 0 aliphatic carbocycles. The summed E-state index contributed by atoms with van der Waals surface area (Å²) in [4.78, 5) is 12.1. The van der Waals surface area contributed by atoms with Crippen molar-refractivity contribution in [2.75, 3.05) is 7.05 Å². The molecular formula is C21H19ClN4O. The Hall–Kier alpha value is -3.10. The Balaban J connectivity index is 2.02. The van der Waals surface area contributed by atoms with Gasteiger partial charge in [0.15, 0.2) is 0 Å². The van der Waals surface area contributed by atoms with Crippen molar-refractivity contribution in [2.24, 2.45) is 0 Å². The lowest BCUT2D eigenvalue weighted by Crippen LogP contribution is -2.19. The fraction of sp³-hybridized carbons (Fsp3) is 0.190. The summed E-state index contributed by atoms with van der Waals surface area (Å²) in [6.07, 6.45) is 0.602. The maximum absolute atomic E-state index is 12.1. The van der Waals surface area contributed by atoms with E-state index in [2.05, 4.69) is 16.5 Å². The third kappa shape index (κ3) is 3.57. The largest absolute Gasteiger partial charge is 0.355 e. The van der Waals surface area contributed by atoms with E-state index < -0.39 is 0 Å². The second-order valence-corrected chi connectivity index (χ2v) is 6.66. The van der Waals surface area contributed by atoms with Crippen LogP contribution in [0.5, 0.6) is 0 Å². The number of carbonyl (C=O) groups is 1. The number of hydrogen-bond donors (Lipinski definition) is 1. The highest BCUT2D eigenvalue weighted by Crippen LogP contribution is 2.25. The summed E-state index contributed by atoms with van der Waals surface area (Å²) in [5.74, 6) is -0.104. The number of hydrogen-bond acceptors (Lipinski definition) is 3. The van der Waals surface area contributed by atoms with Gasteiger partial charge in [-0.05, 0) is 43.7 Å². The van der Waals surface area contributed by atoms with Crippen molar-refractivity contribution in [3.8, 4) is 11.8 Å². The molecule has 136 valence electrons. The zero-order valence-corrected chi connectivity index (χ0v) is 16.1. The van der Waals surface area contributed by atoms with Crippen LogP contribution < -0.4 is 5.32 Å². The Bertz CT molecular complexity index is 1060. The number of rotatable bonds is 4. The number of nitrogens with one attached hydrogen (secondary N) is 1. The molecule has 0 fully saturated rings. The quantitative estimate of drug-likeness (QED) is 0.746. The maximum Gasteiger partial charge on any atom is 0.251 e. The lowest BCUT2D eigenvalue weighted by Gasteiger charge is -2.10. The average molecular weight is 379 g/mol. The minimum atomic E-state index is -0.104. The zero-order valence-electron chi connectivity index (χ0n) is 15.4. The number of aromatic nitrogens is 2. The van der Waals surface area contributed by atoms with Crippen LogP contribution in [0.1, 0.15) is 38.4 Å². The molecule has 1 N–H and O–H groups in total. The zero-order chi connectivity index (χ0) is 19.6. The van der Waals surface area contributed by atoms with Gasteiger partial charge in [0.25, 0.3) is 5.91 Å². The van der Waals surface area contributed by atoms with Gasteiger partial charge < -0.3 is 5.32 Å². The van der Waals surface area contributed by atoms with E-state index in [1.165, 1.54) is 0 Å². The number of benzene rings is 2. The summed E-state index contributed by atoms with van der Waals surface area (Å²) in [6.45, 7) is 3.94. The van der Waals surface area contributed by atoms with Crippen molar-refractivity contribution in [1.29, 1.82) is 5.26 Å². The third-order valence-corrected chi connectivity index (χ3v) is 4.93. The first-order chi connectivity index (χ1) is 13.0. The molecule has 0 unspecified atom stereocenters. The fourth-order valence-electron chi connectivity index (χ4n) is 3.13. The van der Waals surface area contributed by atoms with E-state index in [-0.39, 0.29) is 5.91 Å². The molecule has 0 saturated carbocycles. The number of aryl methyl sites for hydroxylation is 1. The molecule has 27 heavy (non-hydrogen) atoms. The van der Waals surface area contributed by atoms with Crippen LogP contribution >= 0.6 is 11.6 Å². The summed E-state index contributed by atoms with van der Waals surface area (Å²) >= 11 is 6.17. The van der Waals surface area contributed by atoms with Gasteiger partial charge in [-0.25, -0.2) is 4.68 Å². The maximum atomic E-state index is 12.1. The lowest BCUT2D eigenvalue weighted by molar-refractivity contribution is 0.0962. The first kappa shape index (κ1) is 18.7. The molecule has 0 radical (unpaired) electrons. The lowest BCUT2D eigenvalue weighted by atomic mass is 9.98. The van der Waals surface area contributed by atoms with Gasteiger partial charge >= 0.3 is 0 Å². The van der Waals surface area contributed by atoms with E-state index in [1.807, 2.05) is 48.9 Å². The van der Waals surface area contributed by atoms with Gasteiger partial charge in [0.05, 0.1) is 22.0 Å². The van der Waals surface area contributed by atoms with E-state index >= 15 is 0 Å². The van der Waals surface area contributed by atoms with Crippen molar-refractivity contribution in [1.82, 2.24) is 15.1 Å². The number of amides is 1. The van der Waals surface area contributed by atoms with Crippen LogP contribution in [0, 0.1) is 25.2 Å². The molecule has 0 bridgehead atoms. The van der Waals surface area contributed by atoms with E-state index in [0.29, 0.717) is 22.6 Å². The molecular weight excluding hydrogens is 360 g/mol. The molecule has 0 atom stereocenters. The van der Waals surface area contributed by atoms with Gasteiger partial charge in [-0.1, -0.05) is 29.8 Å². The average Bonchev–Trinajstić information content (AvgIpc) is 2.96. The van der Waals surface area contributed by atoms with Crippen molar-refractivity contribution in [3.63, 3.8) is 0 Å². The number of nitriles is 1. The highest BCUT2D eigenvalue weighted by Gasteiger charge is 2.17. The molecule has 1 heterocycles. The highest BCUT2D eigenvalue weighted by atomic mass is 35.5. The molecule has 0 aliphatic rings. The molecule has 0 spiro atoms. The highest BCUT2D eigenvalue weighted by molar-refractivity contribution is 6.31. The summed E-state index contributed by atoms with van der Waals surface area (Å²) < 4.78 is 1.82. The number of carbonyl (C=O) groups excluding carboxylic acids is 1. The molecule has 0 aliphatic heterocycles. The summed E-state index contributed by atoms with van der Waals surface area (Å²) in [5.41, 5.74) is 5.76. The molecule has 5 nitrogen and oxygen atoms in total. The van der Waals surface area contributed by atoms with Crippen LogP contribution in [0.4, 0.5) is 0 Å². The smallest absolute Gasteiger partial charge is 0.251 e. The van der Waals surface area contributed by atoms with E-state index in [1.54, 1.807) is 19.2 Å². The molecule has 0 saturated heterocycles. The second kappa shape index (κ2) is 7.65. The minimum absolute atomic E-state index is 0.104. The van der Waals surface area contributed by atoms with Gasteiger partial charge in [0.1, 0.15) is 6.07 Å². The first-order valence-corrected chi connectivity index (χ1v) is 8.89. The number of nitrogens with zero attached hydrogens (tertiary/aromatic N) is 3. The molecule has 6 heteroatoms. The SMILES string of the molecule is CNC(=O)c1ccccc1Cc1c(C)nn(-c2ccc(C#N)c(Cl)c2)c1C. The summed E-state index contributed by atoms with van der Waals surface area (Å²) in [6, 6.07) is 14.9. The molecule has 3 rings (SSSR count). The van der Waals surface area contributed by atoms with Crippen molar-refractivity contribution >= 4 is 17.5 Å². The Labute approximate surface area is 163 Å². The predicted molar refractivity (Wildman–Crippen MR) is 105 cm³/mol. The van der Waals surface area contributed by atoms with E-state index in [0.717, 1.165) is 28.2 Å². The molecule has 2 aromatic carbocycles. The topological polar surface area (TPSA) is 70.7 Å². The van der Waals surface area contributed by atoms with Crippen LogP contribution in [0.25, 0.3) is 5.69 Å². The van der Waals surface area contributed by atoms with Crippen molar-refractivity contribution in [2.45, 2.75) is 20.3 Å². The number of halogens is 1. The standard InChI is InChI=1S/C21H19ClN4O/c1-13-19(10-15-6-4-5-7-18(15)21(27)24-3)14(2)26(25-13)17-9-8-16(12-23)20(22)11-17/h4-9,11H,10H2,1-3H3,(H,24,27). The molecule has 1 amide bonds. The van der Waals surface area contributed by atoms with Gasteiger partial charge in [-0.2, -0.15) is 10.4 Å². The van der Waals surface area contributed by atoms with Gasteiger partial charge in [-0.3, -0.25) is 4.79 Å². The third-order valence-electron chi connectivity index (χ3n) is 4.62. The van der Waals surface area contributed by atoms with Crippen LogP contribution in [-0.2, 0) is 6.42 Å². The van der Waals surface area contributed by atoms with Crippen molar-refractivity contribution in [3.05, 3.63) is 81.1 Å². The Morgan fingerprint density at radius 1 is 1.26 bits per heavy atom. The van der Waals surface area contributed by atoms with Gasteiger partial charge in [0.2, 0.25) is 0 Å². The van der Waals surface area contributed by atoms with E-state index in [4.69, 9.17) is 16.9 Å². The fourth-order valence-corrected chi connectivity index (χ4v) is 3.35. The van der Waals surface area contributed by atoms with Gasteiger partial charge in [-0.15, -0.1) is 0 Å². The van der Waals surface area contributed by atoms with Crippen LogP contribution in [0.3, 0.4) is 0 Å². The monoisotopic (exact) mass is 378 g/mol. The molecule has 3 aromatic rings. The molecule has 1 aromatic heterocycles. The first-order valence-electron chi connectivity index (χ1n) is 8.51. The van der Waals surface area contributed by atoms with Crippen LogP contribution in [0.2, 0.25) is 5.02 Å². The summed E-state index contributed by atoms with van der Waals surface area (Å²) in [7, 11) is 1.63. The Morgan fingerprint density at radius 2 is 2.00 bits per heavy atom. The second-order valence-electron chi connectivity index (χ2n) is 6.25. The Kier molecular flexibility index (Phi) is 5.29. The van der Waals surface area contributed by atoms with E-state index in [9.17, 15) is 4.79 Å². The van der Waals surface area contributed by atoms with Gasteiger partial charge in [0, 0.05) is 30.3 Å². The van der Waals surface area contributed by atoms with Crippen LogP contribution in [-0.4, -0.2) is 22.7 Å². The normalized spacial score (nSPS) is 10.5. The Morgan fingerprint density at radius 3 is 2.67 bits per heavy atom. The minimum Gasteiger partial charge on any atom is -0.355 e.